The topological polar surface area (TPSA) is 41.1 Å². The van der Waals surface area contributed by atoms with Crippen molar-refractivity contribution in [2.75, 3.05) is 6.54 Å². The van der Waals surface area contributed by atoms with E-state index in [0.717, 1.165) is 30.7 Å². The highest BCUT2D eigenvalue weighted by Gasteiger charge is 2.53. The van der Waals surface area contributed by atoms with E-state index in [2.05, 4.69) is 17.6 Å². The van der Waals surface area contributed by atoms with E-state index in [0.29, 0.717) is 11.5 Å². The molecule has 5 fully saturated rings. The monoisotopic (exact) mass is 290 g/mol. The van der Waals surface area contributed by atoms with Crippen LogP contribution in [0.5, 0.6) is 0 Å². The summed E-state index contributed by atoms with van der Waals surface area (Å²) >= 11 is 0. The Labute approximate surface area is 128 Å². The van der Waals surface area contributed by atoms with Crippen LogP contribution in [0.4, 0.5) is 0 Å². The van der Waals surface area contributed by atoms with Gasteiger partial charge in [-0.1, -0.05) is 6.42 Å². The number of hydrogen-bond donors (Lipinski definition) is 2. The van der Waals surface area contributed by atoms with E-state index in [1.165, 1.54) is 51.4 Å². The molecule has 1 heterocycles. The molecule has 0 spiro atoms. The summed E-state index contributed by atoms with van der Waals surface area (Å²) in [6, 6.07) is 0.428. The normalized spacial score (nSPS) is 46.3. The zero-order valence-electron chi connectivity index (χ0n) is 13.4. The molecule has 1 saturated heterocycles. The third-order valence-electron chi connectivity index (χ3n) is 6.99. The first-order valence-electron chi connectivity index (χ1n) is 9.18. The van der Waals surface area contributed by atoms with E-state index in [1.54, 1.807) is 0 Å². The van der Waals surface area contributed by atoms with Crippen LogP contribution in [-0.2, 0) is 4.79 Å². The Balaban J connectivity index is 1.42. The summed E-state index contributed by atoms with van der Waals surface area (Å²) in [4.78, 5) is 12.5. The van der Waals surface area contributed by atoms with Crippen molar-refractivity contribution < 1.29 is 4.79 Å². The van der Waals surface area contributed by atoms with Crippen LogP contribution >= 0.6 is 0 Å². The quantitative estimate of drug-likeness (QED) is 0.839. The lowest BCUT2D eigenvalue weighted by atomic mass is 9.48. The van der Waals surface area contributed by atoms with Gasteiger partial charge in [0.25, 0.3) is 0 Å². The van der Waals surface area contributed by atoms with Gasteiger partial charge in [-0.2, -0.15) is 0 Å². The zero-order chi connectivity index (χ0) is 14.4. The lowest BCUT2D eigenvalue weighted by molar-refractivity contribution is -0.128. The molecule has 4 bridgehead atoms. The van der Waals surface area contributed by atoms with Crippen LogP contribution in [0.15, 0.2) is 0 Å². The third kappa shape index (κ3) is 2.52. The molecular weight excluding hydrogens is 260 g/mol. The molecule has 0 aromatic carbocycles. The molecule has 118 valence electrons. The molecule has 4 saturated carbocycles. The van der Waals surface area contributed by atoms with Crippen molar-refractivity contribution >= 4 is 5.91 Å². The summed E-state index contributed by atoms with van der Waals surface area (Å²) in [5.41, 5.74) is 0.430. The number of piperidine rings is 1. The maximum absolute atomic E-state index is 12.5. The molecule has 0 radical (unpaired) electrons. The lowest BCUT2D eigenvalue weighted by Gasteiger charge is -2.59. The molecule has 3 nitrogen and oxygen atoms in total. The Bertz CT molecular complexity index is 378. The fourth-order valence-corrected chi connectivity index (χ4v) is 6.25. The lowest BCUT2D eigenvalue weighted by Crippen LogP contribution is -2.58. The van der Waals surface area contributed by atoms with E-state index < -0.39 is 0 Å². The Morgan fingerprint density at radius 2 is 1.71 bits per heavy atom. The minimum absolute atomic E-state index is 0.0649. The Morgan fingerprint density at radius 1 is 1.10 bits per heavy atom. The van der Waals surface area contributed by atoms with Crippen LogP contribution in [0.2, 0.25) is 0 Å². The molecule has 0 aromatic rings. The second-order valence-electron chi connectivity index (χ2n) is 8.51. The highest BCUT2D eigenvalue weighted by Crippen LogP contribution is 2.61. The summed E-state index contributed by atoms with van der Waals surface area (Å²) in [7, 11) is 0. The highest BCUT2D eigenvalue weighted by atomic mass is 16.2. The average Bonchev–Trinajstić information content (AvgIpc) is 2.46. The number of hydrogen-bond acceptors (Lipinski definition) is 2. The van der Waals surface area contributed by atoms with Gasteiger partial charge in [0, 0.05) is 6.04 Å². The predicted octanol–water partition coefficient (Wildman–Crippen LogP) is 2.85. The first-order valence-corrected chi connectivity index (χ1v) is 9.18. The van der Waals surface area contributed by atoms with Gasteiger partial charge in [-0.3, -0.25) is 4.79 Å². The maximum Gasteiger partial charge on any atom is 0.237 e. The van der Waals surface area contributed by atoms with Gasteiger partial charge in [0.1, 0.15) is 0 Å². The molecule has 5 aliphatic rings. The Hall–Kier alpha value is -0.570. The minimum atomic E-state index is 0.0649. The second kappa shape index (κ2) is 5.26. The van der Waals surface area contributed by atoms with Crippen LogP contribution in [0, 0.1) is 23.2 Å². The van der Waals surface area contributed by atoms with Crippen molar-refractivity contribution in [1.29, 1.82) is 0 Å². The summed E-state index contributed by atoms with van der Waals surface area (Å²) in [6.07, 6.45) is 12.0. The van der Waals surface area contributed by atoms with Gasteiger partial charge in [-0.15, -0.1) is 0 Å². The van der Waals surface area contributed by atoms with Crippen molar-refractivity contribution in [3.8, 4) is 0 Å². The molecule has 2 N–H and O–H groups in total. The van der Waals surface area contributed by atoms with Crippen molar-refractivity contribution in [3.05, 3.63) is 0 Å². The van der Waals surface area contributed by atoms with Gasteiger partial charge < -0.3 is 10.6 Å². The Kier molecular flexibility index (Phi) is 3.52. The number of rotatable bonds is 3. The van der Waals surface area contributed by atoms with E-state index >= 15 is 0 Å². The number of carbonyl (C=O) groups excluding carboxylic acids is 1. The third-order valence-corrected chi connectivity index (χ3v) is 6.99. The summed E-state index contributed by atoms with van der Waals surface area (Å²) in [5.74, 6) is 3.15. The maximum atomic E-state index is 12.5. The molecular formula is C18H30N2O. The average molecular weight is 290 g/mol. The van der Waals surface area contributed by atoms with E-state index in [-0.39, 0.29) is 11.9 Å². The molecule has 3 heteroatoms. The van der Waals surface area contributed by atoms with Crippen molar-refractivity contribution in [3.63, 3.8) is 0 Å². The van der Waals surface area contributed by atoms with Gasteiger partial charge in [-0.05, 0) is 88.0 Å². The summed E-state index contributed by atoms with van der Waals surface area (Å²) < 4.78 is 0. The fraction of sp³-hybridized carbons (Fsp3) is 0.944. The predicted molar refractivity (Wildman–Crippen MR) is 83.9 cm³/mol. The van der Waals surface area contributed by atoms with Crippen LogP contribution in [0.3, 0.4) is 0 Å². The highest BCUT2D eigenvalue weighted by molar-refractivity contribution is 5.82. The van der Waals surface area contributed by atoms with Gasteiger partial charge in [0.15, 0.2) is 0 Å². The standard InChI is InChI=1S/C18H30N2O/c1-12(20-17(21)16-4-2-3-5-19-16)18-9-13-6-14(10-18)8-15(7-13)11-18/h12-16,19H,2-11H2,1H3,(H,20,21)/t12-,13?,14?,15?,16-,18?/m1/s1. The fourth-order valence-electron chi connectivity index (χ4n) is 6.25. The Morgan fingerprint density at radius 3 is 2.24 bits per heavy atom. The molecule has 4 aliphatic carbocycles. The second-order valence-corrected chi connectivity index (χ2v) is 8.51. The zero-order valence-corrected chi connectivity index (χ0v) is 13.4. The van der Waals surface area contributed by atoms with Crippen molar-refractivity contribution in [1.82, 2.24) is 10.6 Å². The molecule has 21 heavy (non-hydrogen) atoms. The summed E-state index contributed by atoms with van der Waals surface area (Å²) in [6.45, 7) is 3.29. The first kappa shape index (κ1) is 14.0. The van der Waals surface area contributed by atoms with Crippen molar-refractivity contribution in [2.24, 2.45) is 23.2 Å². The number of amides is 1. The first-order chi connectivity index (χ1) is 10.1. The molecule has 5 rings (SSSR count). The molecule has 1 amide bonds. The van der Waals surface area contributed by atoms with Gasteiger partial charge in [-0.25, -0.2) is 0 Å². The van der Waals surface area contributed by atoms with Crippen molar-refractivity contribution in [2.45, 2.75) is 76.8 Å². The molecule has 2 atom stereocenters. The van der Waals surface area contributed by atoms with E-state index in [4.69, 9.17) is 0 Å². The van der Waals surface area contributed by atoms with Crippen LogP contribution in [0.25, 0.3) is 0 Å². The van der Waals surface area contributed by atoms with Crippen LogP contribution < -0.4 is 10.6 Å². The number of nitrogens with one attached hydrogen (secondary N) is 2. The largest absolute Gasteiger partial charge is 0.352 e. The molecule has 1 aliphatic heterocycles. The number of carbonyl (C=O) groups is 1. The van der Waals surface area contributed by atoms with Gasteiger partial charge in [0.05, 0.1) is 6.04 Å². The van der Waals surface area contributed by atoms with Gasteiger partial charge >= 0.3 is 0 Å². The molecule has 0 aromatic heterocycles. The van der Waals surface area contributed by atoms with E-state index in [1.807, 2.05) is 0 Å². The van der Waals surface area contributed by atoms with Crippen LogP contribution in [0.1, 0.15) is 64.7 Å². The van der Waals surface area contributed by atoms with Crippen LogP contribution in [-0.4, -0.2) is 24.5 Å². The van der Waals surface area contributed by atoms with E-state index in [9.17, 15) is 4.79 Å². The molecule has 0 unspecified atom stereocenters. The SMILES string of the molecule is C[C@@H](NC(=O)[C@H]1CCCCN1)C12CC3CC(CC(C3)C1)C2. The minimum Gasteiger partial charge on any atom is -0.352 e. The smallest absolute Gasteiger partial charge is 0.237 e. The van der Waals surface area contributed by atoms with Gasteiger partial charge in [0.2, 0.25) is 5.91 Å². The summed E-state index contributed by atoms with van der Waals surface area (Å²) in [5, 5.41) is 6.79.